The maximum Gasteiger partial charge on any atom is 0.222 e. The lowest BCUT2D eigenvalue weighted by Crippen LogP contribution is -2.48. The van der Waals surface area contributed by atoms with Crippen LogP contribution in [0.25, 0.3) is 0 Å². The first-order valence-corrected chi connectivity index (χ1v) is 9.35. The number of methoxy groups -OCH3 is 2. The number of carbonyl (C=O) groups excluding carboxylic acids is 1. The maximum atomic E-state index is 12.5. The monoisotopic (exact) mass is 369 g/mol. The zero-order valence-electron chi connectivity index (χ0n) is 16.1. The van der Waals surface area contributed by atoms with Gasteiger partial charge in [-0.05, 0) is 42.7 Å². The average molecular weight is 369 g/mol. The minimum atomic E-state index is 0.241. The van der Waals surface area contributed by atoms with Gasteiger partial charge in [0.25, 0.3) is 0 Å². The molecule has 1 amide bonds. The van der Waals surface area contributed by atoms with Gasteiger partial charge in [0.05, 0.1) is 14.2 Å². The molecule has 0 radical (unpaired) electrons. The number of amides is 1. The van der Waals surface area contributed by atoms with Gasteiger partial charge in [-0.3, -0.25) is 9.78 Å². The van der Waals surface area contributed by atoms with Gasteiger partial charge in [-0.25, -0.2) is 0 Å². The number of benzene rings is 1. The van der Waals surface area contributed by atoms with Crippen LogP contribution < -0.4 is 14.4 Å². The van der Waals surface area contributed by atoms with Gasteiger partial charge in [-0.1, -0.05) is 6.07 Å². The van der Waals surface area contributed by atoms with Crippen LogP contribution in [0, 0.1) is 0 Å². The van der Waals surface area contributed by atoms with E-state index in [2.05, 4.69) is 9.88 Å². The zero-order valence-corrected chi connectivity index (χ0v) is 16.1. The Hall–Kier alpha value is -2.76. The number of nitrogens with zero attached hydrogens (tertiary/aromatic N) is 3. The molecule has 0 saturated carbocycles. The van der Waals surface area contributed by atoms with E-state index in [9.17, 15) is 4.79 Å². The van der Waals surface area contributed by atoms with Gasteiger partial charge in [0.1, 0.15) is 0 Å². The molecule has 3 rings (SSSR count). The SMILES string of the molecule is COc1ccc(CCCC(=O)N2CCN(c3ccncc3)CC2)cc1OC. The number of hydrogen-bond acceptors (Lipinski definition) is 5. The number of hydrogen-bond donors (Lipinski definition) is 0. The number of aromatic nitrogens is 1. The van der Waals surface area contributed by atoms with E-state index in [-0.39, 0.29) is 5.91 Å². The molecule has 0 N–H and O–H groups in total. The lowest BCUT2D eigenvalue weighted by atomic mass is 10.1. The normalized spacial score (nSPS) is 14.1. The molecule has 6 heteroatoms. The maximum absolute atomic E-state index is 12.5. The standard InChI is InChI=1S/C21H27N3O3/c1-26-19-7-6-17(16-20(19)27-2)4-3-5-21(25)24-14-12-23(13-15-24)18-8-10-22-11-9-18/h6-11,16H,3-5,12-15H2,1-2H3. The lowest BCUT2D eigenvalue weighted by Gasteiger charge is -2.36. The number of pyridine rings is 1. The van der Waals surface area contributed by atoms with Crippen LogP contribution in [0.5, 0.6) is 11.5 Å². The van der Waals surface area contributed by atoms with Gasteiger partial charge in [0.2, 0.25) is 5.91 Å². The molecule has 2 heterocycles. The summed E-state index contributed by atoms with van der Waals surface area (Å²) in [6.07, 6.45) is 5.87. The van der Waals surface area contributed by atoms with Crippen molar-refractivity contribution in [3.63, 3.8) is 0 Å². The van der Waals surface area contributed by atoms with E-state index in [0.717, 1.165) is 56.1 Å². The second-order valence-electron chi connectivity index (χ2n) is 6.62. The third-order valence-corrected chi connectivity index (χ3v) is 4.96. The summed E-state index contributed by atoms with van der Waals surface area (Å²) >= 11 is 0. The minimum absolute atomic E-state index is 0.241. The van der Waals surface area contributed by atoms with Crippen molar-refractivity contribution in [2.75, 3.05) is 45.3 Å². The van der Waals surface area contributed by atoms with E-state index in [1.165, 1.54) is 5.69 Å². The van der Waals surface area contributed by atoms with E-state index in [1.807, 2.05) is 35.2 Å². The van der Waals surface area contributed by atoms with E-state index in [4.69, 9.17) is 9.47 Å². The highest BCUT2D eigenvalue weighted by Gasteiger charge is 2.20. The minimum Gasteiger partial charge on any atom is -0.493 e. The van der Waals surface area contributed by atoms with E-state index in [0.29, 0.717) is 6.42 Å². The molecule has 0 bridgehead atoms. The number of piperazine rings is 1. The van der Waals surface area contributed by atoms with E-state index >= 15 is 0 Å². The second-order valence-corrected chi connectivity index (χ2v) is 6.62. The van der Waals surface area contributed by atoms with E-state index < -0.39 is 0 Å². The van der Waals surface area contributed by atoms with Crippen molar-refractivity contribution in [3.8, 4) is 11.5 Å². The molecule has 0 aliphatic carbocycles. The van der Waals surface area contributed by atoms with E-state index in [1.54, 1.807) is 26.6 Å². The van der Waals surface area contributed by atoms with Gasteiger partial charge in [0, 0.05) is 50.7 Å². The summed E-state index contributed by atoms with van der Waals surface area (Å²) in [5.41, 5.74) is 2.33. The van der Waals surface area contributed by atoms with Crippen molar-refractivity contribution < 1.29 is 14.3 Å². The summed E-state index contributed by atoms with van der Waals surface area (Å²) in [6, 6.07) is 9.95. The smallest absolute Gasteiger partial charge is 0.222 e. The number of anilines is 1. The summed E-state index contributed by atoms with van der Waals surface area (Å²) in [7, 11) is 3.27. The fraction of sp³-hybridized carbons (Fsp3) is 0.429. The van der Waals surface area contributed by atoms with Crippen molar-refractivity contribution >= 4 is 11.6 Å². The van der Waals surface area contributed by atoms with Crippen LogP contribution >= 0.6 is 0 Å². The molecule has 1 aromatic heterocycles. The highest BCUT2D eigenvalue weighted by Crippen LogP contribution is 2.28. The molecule has 0 unspecified atom stereocenters. The molecule has 1 aliphatic heterocycles. The molecule has 27 heavy (non-hydrogen) atoms. The van der Waals surface area contributed by atoms with Gasteiger partial charge in [-0.2, -0.15) is 0 Å². The predicted octanol–water partition coefficient (Wildman–Crippen LogP) is 2.77. The first-order chi connectivity index (χ1) is 13.2. The van der Waals surface area contributed by atoms with Crippen molar-refractivity contribution in [2.24, 2.45) is 0 Å². The van der Waals surface area contributed by atoms with Crippen molar-refractivity contribution in [1.29, 1.82) is 0 Å². The fourth-order valence-electron chi connectivity index (χ4n) is 3.41. The highest BCUT2D eigenvalue weighted by molar-refractivity contribution is 5.76. The Morgan fingerprint density at radius 2 is 1.70 bits per heavy atom. The van der Waals surface area contributed by atoms with Crippen LogP contribution in [-0.4, -0.2) is 56.2 Å². The van der Waals surface area contributed by atoms with Crippen LogP contribution in [0.2, 0.25) is 0 Å². The first-order valence-electron chi connectivity index (χ1n) is 9.35. The molecule has 144 valence electrons. The third kappa shape index (κ3) is 4.90. The Balaban J connectivity index is 1.44. The molecule has 1 fully saturated rings. The third-order valence-electron chi connectivity index (χ3n) is 4.96. The van der Waals surface area contributed by atoms with Crippen LogP contribution in [0.4, 0.5) is 5.69 Å². The molecule has 2 aromatic rings. The Kier molecular flexibility index (Phi) is 6.52. The average Bonchev–Trinajstić information content (AvgIpc) is 2.74. The summed E-state index contributed by atoms with van der Waals surface area (Å²) in [5, 5.41) is 0. The molecule has 1 aromatic carbocycles. The summed E-state index contributed by atoms with van der Waals surface area (Å²) in [5.74, 6) is 1.70. The molecule has 1 aliphatic rings. The largest absolute Gasteiger partial charge is 0.493 e. The van der Waals surface area contributed by atoms with Gasteiger partial charge >= 0.3 is 0 Å². The molecular formula is C21H27N3O3. The van der Waals surface area contributed by atoms with Crippen LogP contribution in [0.1, 0.15) is 18.4 Å². The number of rotatable bonds is 7. The van der Waals surface area contributed by atoms with Crippen LogP contribution in [0.15, 0.2) is 42.7 Å². The number of carbonyl (C=O) groups is 1. The van der Waals surface area contributed by atoms with Crippen molar-refractivity contribution in [1.82, 2.24) is 9.88 Å². The van der Waals surface area contributed by atoms with Gasteiger partial charge < -0.3 is 19.3 Å². The summed E-state index contributed by atoms with van der Waals surface area (Å²) in [4.78, 5) is 20.8. The Morgan fingerprint density at radius 1 is 1.00 bits per heavy atom. The highest BCUT2D eigenvalue weighted by atomic mass is 16.5. The lowest BCUT2D eigenvalue weighted by molar-refractivity contribution is -0.131. The Bertz CT molecular complexity index is 744. The van der Waals surface area contributed by atoms with Gasteiger partial charge in [0.15, 0.2) is 11.5 Å². The molecule has 0 atom stereocenters. The quantitative estimate of drug-likeness (QED) is 0.751. The van der Waals surface area contributed by atoms with Crippen molar-refractivity contribution in [3.05, 3.63) is 48.3 Å². The Labute approximate surface area is 160 Å². The fourth-order valence-corrected chi connectivity index (χ4v) is 3.41. The number of ether oxygens (including phenoxy) is 2. The van der Waals surface area contributed by atoms with Crippen molar-refractivity contribution in [2.45, 2.75) is 19.3 Å². The topological polar surface area (TPSA) is 54.9 Å². The summed E-state index contributed by atoms with van der Waals surface area (Å²) in [6.45, 7) is 3.28. The van der Waals surface area contributed by atoms with Gasteiger partial charge in [-0.15, -0.1) is 0 Å². The summed E-state index contributed by atoms with van der Waals surface area (Å²) < 4.78 is 10.6. The number of aryl methyl sites for hydroxylation is 1. The molecule has 6 nitrogen and oxygen atoms in total. The van der Waals surface area contributed by atoms with Crippen LogP contribution in [-0.2, 0) is 11.2 Å². The first kappa shape index (κ1) is 19.0. The van der Waals surface area contributed by atoms with Crippen LogP contribution in [0.3, 0.4) is 0 Å². The Morgan fingerprint density at radius 3 is 2.37 bits per heavy atom. The molecule has 0 spiro atoms. The second kappa shape index (κ2) is 9.26. The molecular weight excluding hydrogens is 342 g/mol. The molecule has 1 saturated heterocycles. The predicted molar refractivity (Wildman–Crippen MR) is 106 cm³/mol. The zero-order chi connectivity index (χ0) is 19.1.